The van der Waals surface area contributed by atoms with Gasteiger partial charge in [0.2, 0.25) is 0 Å². The van der Waals surface area contributed by atoms with E-state index in [1.807, 2.05) is 24.3 Å². The fourth-order valence-electron chi connectivity index (χ4n) is 2.78. The molecule has 0 aromatic carbocycles. The maximum atomic E-state index is 5.61. The fraction of sp³-hybridized carbons (Fsp3) is 0.368. The van der Waals surface area contributed by atoms with Gasteiger partial charge in [-0.2, -0.15) is 0 Å². The first-order valence-electron chi connectivity index (χ1n) is 8.71. The van der Waals surface area contributed by atoms with Crippen molar-refractivity contribution in [3.05, 3.63) is 53.1 Å². The molecule has 3 aromatic rings. The maximum Gasteiger partial charge on any atom is 0.190 e. The third-order valence-electron chi connectivity index (χ3n) is 4.19. The Labute approximate surface area is 152 Å². The van der Waals surface area contributed by atoms with Gasteiger partial charge in [0.1, 0.15) is 0 Å². The topological polar surface area (TPSA) is 46.6 Å². The standard InChI is InChI=1S/C19H24N4OS/c1-3-22(4-2)11-7-12-23-17(18-9-6-13-24-18)15-25-19(23)21-16-8-5-10-20-14-16/h5-6,8-10,13-15H,3-4,7,11-12H2,1-2H3. The number of pyridine rings is 1. The van der Waals surface area contributed by atoms with E-state index in [9.17, 15) is 0 Å². The summed E-state index contributed by atoms with van der Waals surface area (Å²) in [6.45, 7) is 8.58. The smallest absolute Gasteiger partial charge is 0.190 e. The van der Waals surface area contributed by atoms with Gasteiger partial charge in [-0.3, -0.25) is 4.98 Å². The van der Waals surface area contributed by atoms with E-state index in [1.165, 1.54) is 0 Å². The van der Waals surface area contributed by atoms with Crippen molar-refractivity contribution in [3.8, 4) is 11.5 Å². The molecular weight excluding hydrogens is 332 g/mol. The third kappa shape index (κ3) is 4.46. The highest BCUT2D eigenvalue weighted by Gasteiger charge is 2.11. The lowest BCUT2D eigenvalue weighted by Gasteiger charge is -2.18. The van der Waals surface area contributed by atoms with Gasteiger partial charge in [0.05, 0.1) is 23.8 Å². The lowest BCUT2D eigenvalue weighted by atomic mass is 10.3. The van der Waals surface area contributed by atoms with Crippen LogP contribution in [-0.2, 0) is 6.54 Å². The van der Waals surface area contributed by atoms with E-state index in [1.54, 1.807) is 30.0 Å². The zero-order chi connectivity index (χ0) is 17.5. The van der Waals surface area contributed by atoms with Crippen LogP contribution in [0.15, 0.2) is 57.7 Å². The average molecular weight is 356 g/mol. The zero-order valence-electron chi connectivity index (χ0n) is 14.8. The lowest BCUT2D eigenvalue weighted by molar-refractivity contribution is 0.293. The van der Waals surface area contributed by atoms with Crippen molar-refractivity contribution >= 4 is 17.0 Å². The van der Waals surface area contributed by atoms with Gasteiger partial charge in [-0.15, -0.1) is 11.3 Å². The van der Waals surface area contributed by atoms with Gasteiger partial charge in [0, 0.05) is 18.1 Å². The second kappa shape index (κ2) is 8.78. The van der Waals surface area contributed by atoms with E-state index < -0.39 is 0 Å². The predicted octanol–water partition coefficient (Wildman–Crippen LogP) is 4.17. The van der Waals surface area contributed by atoms with Crippen molar-refractivity contribution in [2.24, 2.45) is 4.99 Å². The predicted molar refractivity (Wildman–Crippen MR) is 102 cm³/mol. The van der Waals surface area contributed by atoms with Crippen LogP contribution in [0.4, 0.5) is 5.69 Å². The molecule has 3 aromatic heterocycles. The molecule has 6 heteroatoms. The van der Waals surface area contributed by atoms with Crippen LogP contribution in [0, 0.1) is 0 Å². The van der Waals surface area contributed by atoms with Crippen molar-refractivity contribution in [2.45, 2.75) is 26.8 Å². The minimum atomic E-state index is 0.868. The van der Waals surface area contributed by atoms with Crippen molar-refractivity contribution in [1.82, 2.24) is 14.5 Å². The van der Waals surface area contributed by atoms with Gasteiger partial charge < -0.3 is 13.9 Å². The van der Waals surface area contributed by atoms with E-state index in [0.717, 1.165) is 54.5 Å². The van der Waals surface area contributed by atoms with E-state index in [4.69, 9.17) is 9.41 Å². The molecule has 132 valence electrons. The average Bonchev–Trinajstić information content (AvgIpc) is 3.30. The zero-order valence-corrected chi connectivity index (χ0v) is 15.6. The molecule has 3 rings (SSSR count). The molecule has 0 unspecified atom stereocenters. The van der Waals surface area contributed by atoms with Crippen LogP contribution < -0.4 is 4.80 Å². The van der Waals surface area contributed by atoms with E-state index in [2.05, 4.69) is 33.7 Å². The molecule has 0 spiro atoms. The number of thiazole rings is 1. The summed E-state index contributed by atoms with van der Waals surface area (Å²) in [7, 11) is 0. The Morgan fingerprint density at radius 2 is 2.12 bits per heavy atom. The Bertz CT molecular complexity index is 817. The van der Waals surface area contributed by atoms with Crippen LogP contribution in [-0.4, -0.2) is 34.1 Å². The summed E-state index contributed by atoms with van der Waals surface area (Å²) in [5, 5.41) is 2.12. The molecule has 0 fully saturated rings. The molecule has 0 amide bonds. The summed E-state index contributed by atoms with van der Waals surface area (Å²) in [5.41, 5.74) is 1.95. The molecule has 0 saturated heterocycles. The van der Waals surface area contributed by atoms with Crippen molar-refractivity contribution in [1.29, 1.82) is 0 Å². The largest absolute Gasteiger partial charge is 0.463 e. The van der Waals surface area contributed by atoms with Gasteiger partial charge >= 0.3 is 0 Å². The first-order chi connectivity index (χ1) is 12.3. The van der Waals surface area contributed by atoms with Gasteiger partial charge in [0.25, 0.3) is 0 Å². The number of hydrogen-bond acceptors (Lipinski definition) is 5. The molecule has 0 atom stereocenters. The van der Waals surface area contributed by atoms with Crippen LogP contribution in [0.2, 0.25) is 0 Å². The molecule has 0 aliphatic carbocycles. The molecule has 0 radical (unpaired) electrons. The minimum absolute atomic E-state index is 0.868. The molecule has 5 nitrogen and oxygen atoms in total. The van der Waals surface area contributed by atoms with Crippen LogP contribution >= 0.6 is 11.3 Å². The quantitative estimate of drug-likeness (QED) is 0.608. The Morgan fingerprint density at radius 3 is 2.80 bits per heavy atom. The Morgan fingerprint density at radius 1 is 1.24 bits per heavy atom. The first kappa shape index (κ1) is 17.6. The number of hydrogen-bond donors (Lipinski definition) is 0. The van der Waals surface area contributed by atoms with Crippen molar-refractivity contribution in [3.63, 3.8) is 0 Å². The molecule has 3 heterocycles. The van der Waals surface area contributed by atoms with Crippen molar-refractivity contribution in [2.75, 3.05) is 19.6 Å². The van der Waals surface area contributed by atoms with Gasteiger partial charge in [-0.25, -0.2) is 4.99 Å². The minimum Gasteiger partial charge on any atom is -0.463 e. The highest BCUT2D eigenvalue weighted by molar-refractivity contribution is 7.07. The highest BCUT2D eigenvalue weighted by Crippen LogP contribution is 2.21. The van der Waals surface area contributed by atoms with Crippen LogP contribution in [0.5, 0.6) is 0 Å². The van der Waals surface area contributed by atoms with Crippen LogP contribution in [0.25, 0.3) is 11.5 Å². The molecule has 0 bridgehead atoms. The number of furan rings is 1. The Balaban J connectivity index is 1.89. The van der Waals surface area contributed by atoms with Crippen LogP contribution in [0.3, 0.4) is 0 Å². The van der Waals surface area contributed by atoms with Crippen LogP contribution in [0.1, 0.15) is 20.3 Å². The molecule has 0 saturated carbocycles. The van der Waals surface area contributed by atoms with E-state index >= 15 is 0 Å². The summed E-state index contributed by atoms with van der Waals surface area (Å²) in [4.78, 5) is 12.3. The van der Waals surface area contributed by atoms with Crippen molar-refractivity contribution < 1.29 is 4.42 Å². The van der Waals surface area contributed by atoms with E-state index in [0.29, 0.717) is 0 Å². The maximum absolute atomic E-state index is 5.61. The van der Waals surface area contributed by atoms with Gasteiger partial charge in [-0.1, -0.05) is 13.8 Å². The number of rotatable bonds is 8. The molecule has 0 N–H and O–H groups in total. The highest BCUT2D eigenvalue weighted by atomic mass is 32.1. The third-order valence-corrected chi connectivity index (χ3v) is 5.06. The monoisotopic (exact) mass is 356 g/mol. The second-order valence-electron chi connectivity index (χ2n) is 5.74. The van der Waals surface area contributed by atoms with Gasteiger partial charge in [-0.05, 0) is 50.3 Å². The van der Waals surface area contributed by atoms with E-state index in [-0.39, 0.29) is 0 Å². The fourth-order valence-corrected chi connectivity index (χ4v) is 3.72. The summed E-state index contributed by atoms with van der Waals surface area (Å²) in [6, 6.07) is 7.80. The summed E-state index contributed by atoms with van der Waals surface area (Å²) in [5.74, 6) is 0.881. The molecule has 25 heavy (non-hydrogen) atoms. The first-order valence-corrected chi connectivity index (χ1v) is 9.59. The lowest BCUT2D eigenvalue weighted by Crippen LogP contribution is -2.26. The molecule has 0 aliphatic rings. The SMILES string of the molecule is CCN(CC)CCCn1c(-c2ccco2)csc1=Nc1cccnc1. The summed E-state index contributed by atoms with van der Waals surface area (Å²) in [6.07, 6.45) is 6.34. The molecular formula is C19H24N4OS. The number of nitrogens with zero attached hydrogens (tertiary/aromatic N) is 4. The number of aromatic nitrogens is 2. The summed E-state index contributed by atoms with van der Waals surface area (Å²) >= 11 is 1.63. The normalized spacial score (nSPS) is 12.2. The second-order valence-corrected chi connectivity index (χ2v) is 6.57. The molecule has 0 aliphatic heterocycles. The van der Waals surface area contributed by atoms with Gasteiger partial charge in [0.15, 0.2) is 10.6 Å². The Kier molecular flexibility index (Phi) is 6.19. The Hall–Kier alpha value is -2.18. The summed E-state index contributed by atoms with van der Waals surface area (Å²) < 4.78 is 7.86.